The van der Waals surface area contributed by atoms with Gasteiger partial charge in [-0.1, -0.05) is 13.0 Å². The number of carbonyl (C=O) groups excluding carboxylic acids is 2. The molecule has 25 heavy (non-hydrogen) atoms. The normalized spacial score (nSPS) is 9.80. The largest absolute Gasteiger partial charge is 0.383 e. The Hall–Kier alpha value is -3.33. The van der Waals surface area contributed by atoms with Crippen molar-refractivity contribution in [1.29, 1.82) is 5.26 Å². The number of benzene rings is 2. The fraction of sp³-hybridized carbons (Fsp3) is 0.211. The van der Waals surface area contributed by atoms with Crippen LogP contribution in [0, 0.1) is 11.3 Å². The molecule has 2 aromatic carbocycles. The Morgan fingerprint density at radius 1 is 1.04 bits per heavy atom. The molecule has 0 bridgehead atoms. The molecule has 0 saturated carbocycles. The van der Waals surface area contributed by atoms with E-state index in [0.717, 1.165) is 18.7 Å². The summed E-state index contributed by atoms with van der Waals surface area (Å²) in [6, 6.07) is 13.6. The first kappa shape index (κ1) is 18.0. The highest BCUT2D eigenvalue weighted by Crippen LogP contribution is 2.24. The van der Waals surface area contributed by atoms with E-state index >= 15 is 0 Å². The summed E-state index contributed by atoms with van der Waals surface area (Å²) in [7, 11) is 1.54. The van der Waals surface area contributed by atoms with E-state index in [4.69, 9.17) is 5.26 Å². The standard InChI is InChI=1S/C19H20N4O2/c1-3-9-22-16-8-7-13(12-20)10-17(16)23-19(25)15-6-4-5-14(11-15)18(24)21-2/h4-8,10-11,22H,3,9H2,1-2H3,(H,21,24)(H,23,25). The van der Waals surface area contributed by atoms with E-state index in [1.54, 1.807) is 36.4 Å². The van der Waals surface area contributed by atoms with E-state index in [1.807, 2.05) is 6.92 Å². The Morgan fingerprint density at radius 2 is 1.76 bits per heavy atom. The SMILES string of the molecule is CCCNc1ccc(C#N)cc1NC(=O)c1cccc(C(=O)NC)c1. The Balaban J connectivity index is 2.28. The number of hydrogen-bond donors (Lipinski definition) is 3. The van der Waals surface area contributed by atoms with Gasteiger partial charge in [-0.15, -0.1) is 0 Å². The van der Waals surface area contributed by atoms with Crippen molar-refractivity contribution in [3.05, 3.63) is 59.2 Å². The Bertz CT molecular complexity index is 824. The Morgan fingerprint density at radius 3 is 2.40 bits per heavy atom. The fourth-order valence-corrected chi connectivity index (χ4v) is 2.27. The summed E-state index contributed by atoms with van der Waals surface area (Å²) < 4.78 is 0. The van der Waals surface area contributed by atoms with E-state index < -0.39 is 0 Å². The average Bonchev–Trinajstić information content (AvgIpc) is 2.66. The lowest BCUT2D eigenvalue weighted by atomic mass is 10.1. The number of nitrogens with one attached hydrogen (secondary N) is 3. The lowest BCUT2D eigenvalue weighted by Crippen LogP contribution is -2.19. The third-order valence-electron chi connectivity index (χ3n) is 3.58. The molecule has 3 N–H and O–H groups in total. The van der Waals surface area contributed by atoms with Gasteiger partial charge in [0, 0.05) is 24.7 Å². The van der Waals surface area contributed by atoms with Crippen LogP contribution in [0.2, 0.25) is 0 Å². The average molecular weight is 336 g/mol. The molecule has 0 spiro atoms. The number of nitriles is 1. The zero-order valence-corrected chi connectivity index (χ0v) is 14.2. The highest BCUT2D eigenvalue weighted by atomic mass is 16.2. The second kappa shape index (κ2) is 8.50. The van der Waals surface area contributed by atoms with Crippen LogP contribution in [0.1, 0.15) is 39.6 Å². The van der Waals surface area contributed by atoms with Crippen molar-refractivity contribution >= 4 is 23.2 Å². The fourth-order valence-electron chi connectivity index (χ4n) is 2.27. The topological polar surface area (TPSA) is 94.0 Å². The summed E-state index contributed by atoms with van der Waals surface area (Å²) in [5.74, 6) is -0.605. The van der Waals surface area contributed by atoms with Gasteiger partial charge in [0.25, 0.3) is 11.8 Å². The molecule has 2 rings (SSSR count). The van der Waals surface area contributed by atoms with Gasteiger partial charge >= 0.3 is 0 Å². The lowest BCUT2D eigenvalue weighted by Gasteiger charge is -2.13. The molecular formula is C19H20N4O2. The van der Waals surface area contributed by atoms with E-state index in [9.17, 15) is 9.59 Å². The summed E-state index contributed by atoms with van der Waals surface area (Å²) in [6.07, 6.45) is 0.932. The predicted octanol–water partition coefficient (Wildman–Crippen LogP) is 2.99. The van der Waals surface area contributed by atoms with Crippen LogP contribution < -0.4 is 16.0 Å². The molecular weight excluding hydrogens is 316 g/mol. The van der Waals surface area contributed by atoms with Crippen LogP contribution in [0.15, 0.2) is 42.5 Å². The number of hydrogen-bond acceptors (Lipinski definition) is 4. The predicted molar refractivity (Wildman–Crippen MR) is 97.7 cm³/mol. The molecule has 0 atom stereocenters. The molecule has 0 fully saturated rings. The maximum atomic E-state index is 12.5. The summed E-state index contributed by atoms with van der Waals surface area (Å²) in [5, 5.41) is 17.6. The van der Waals surface area contributed by atoms with Crippen LogP contribution in [0.4, 0.5) is 11.4 Å². The summed E-state index contributed by atoms with van der Waals surface area (Å²) in [4.78, 5) is 24.3. The van der Waals surface area contributed by atoms with Crippen molar-refractivity contribution < 1.29 is 9.59 Å². The van der Waals surface area contributed by atoms with Crippen LogP contribution in [-0.2, 0) is 0 Å². The van der Waals surface area contributed by atoms with E-state index in [-0.39, 0.29) is 11.8 Å². The van der Waals surface area contributed by atoms with Crippen LogP contribution in [0.3, 0.4) is 0 Å². The number of carbonyl (C=O) groups is 2. The molecule has 6 nitrogen and oxygen atoms in total. The Kier molecular flexibility index (Phi) is 6.13. The molecule has 2 aromatic rings. The zero-order chi connectivity index (χ0) is 18.2. The van der Waals surface area contributed by atoms with Crippen LogP contribution >= 0.6 is 0 Å². The van der Waals surface area contributed by atoms with Gasteiger partial charge in [-0.3, -0.25) is 9.59 Å². The Labute approximate surface area is 146 Å². The highest BCUT2D eigenvalue weighted by molar-refractivity contribution is 6.07. The molecule has 0 aliphatic rings. The zero-order valence-electron chi connectivity index (χ0n) is 14.2. The molecule has 0 radical (unpaired) electrons. The first-order chi connectivity index (χ1) is 12.1. The van der Waals surface area contributed by atoms with Crippen LogP contribution in [-0.4, -0.2) is 25.4 Å². The minimum Gasteiger partial charge on any atom is -0.383 e. The summed E-state index contributed by atoms with van der Waals surface area (Å²) in [5.41, 5.74) is 2.51. The van der Waals surface area contributed by atoms with Crippen LogP contribution in [0.25, 0.3) is 0 Å². The van der Waals surface area contributed by atoms with Gasteiger partial charge in [-0.05, 0) is 42.8 Å². The first-order valence-electron chi connectivity index (χ1n) is 8.00. The molecule has 0 aliphatic heterocycles. The molecule has 2 amide bonds. The molecule has 0 aromatic heterocycles. The van der Waals surface area contributed by atoms with Gasteiger partial charge in [0.15, 0.2) is 0 Å². The minimum absolute atomic E-state index is 0.258. The van der Waals surface area contributed by atoms with Crippen molar-refractivity contribution in [3.8, 4) is 6.07 Å². The summed E-state index contributed by atoms with van der Waals surface area (Å²) in [6.45, 7) is 2.79. The van der Waals surface area contributed by atoms with Crippen molar-refractivity contribution in [2.24, 2.45) is 0 Å². The molecule has 0 heterocycles. The molecule has 128 valence electrons. The van der Waals surface area contributed by atoms with Gasteiger partial charge in [0.1, 0.15) is 0 Å². The monoisotopic (exact) mass is 336 g/mol. The van der Waals surface area contributed by atoms with Crippen molar-refractivity contribution in [3.63, 3.8) is 0 Å². The van der Waals surface area contributed by atoms with Gasteiger partial charge in [-0.25, -0.2) is 0 Å². The maximum absolute atomic E-state index is 12.5. The number of nitrogens with zero attached hydrogens (tertiary/aromatic N) is 1. The number of anilines is 2. The van der Waals surface area contributed by atoms with Crippen LogP contribution in [0.5, 0.6) is 0 Å². The second-order valence-electron chi connectivity index (χ2n) is 5.41. The third-order valence-corrected chi connectivity index (χ3v) is 3.58. The molecule has 6 heteroatoms. The number of rotatable bonds is 6. The van der Waals surface area contributed by atoms with Gasteiger partial charge in [0.2, 0.25) is 0 Å². The second-order valence-corrected chi connectivity index (χ2v) is 5.41. The van der Waals surface area contributed by atoms with E-state index in [2.05, 4.69) is 22.0 Å². The molecule has 0 unspecified atom stereocenters. The van der Waals surface area contributed by atoms with Crippen molar-refractivity contribution in [2.75, 3.05) is 24.2 Å². The van der Waals surface area contributed by atoms with E-state index in [1.165, 1.54) is 13.1 Å². The lowest BCUT2D eigenvalue weighted by molar-refractivity contribution is 0.0963. The highest BCUT2D eigenvalue weighted by Gasteiger charge is 2.12. The molecule has 0 aliphatic carbocycles. The van der Waals surface area contributed by atoms with Gasteiger partial charge in [0.05, 0.1) is 23.0 Å². The third kappa shape index (κ3) is 4.58. The van der Waals surface area contributed by atoms with Gasteiger partial charge in [-0.2, -0.15) is 5.26 Å². The number of amides is 2. The quantitative estimate of drug-likeness (QED) is 0.756. The van der Waals surface area contributed by atoms with Gasteiger partial charge < -0.3 is 16.0 Å². The minimum atomic E-state index is -0.347. The van der Waals surface area contributed by atoms with E-state index in [0.29, 0.717) is 22.4 Å². The smallest absolute Gasteiger partial charge is 0.255 e. The van der Waals surface area contributed by atoms with Crippen molar-refractivity contribution in [2.45, 2.75) is 13.3 Å². The molecule has 0 saturated heterocycles. The maximum Gasteiger partial charge on any atom is 0.255 e. The summed E-state index contributed by atoms with van der Waals surface area (Å²) >= 11 is 0. The first-order valence-corrected chi connectivity index (χ1v) is 8.00. The van der Waals surface area contributed by atoms with Crippen molar-refractivity contribution in [1.82, 2.24) is 5.32 Å².